The molecule has 0 aliphatic carbocycles. The second kappa shape index (κ2) is 9.70. The lowest BCUT2D eigenvalue weighted by molar-refractivity contribution is 0.188. The van der Waals surface area contributed by atoms with Gasteiger partial charge in [-0.15, -0.1) is 5.73 Å². The summed E-state index contributed by atoms with van der Waals surface area (Å²) in [5.41, 5.74) is 2.92. The van der Waals surface area contributed by atoms with Crippen molar-refractivity contribution in [2.45, 2.75) is 44.8 Å². The van der Waals surface area contributed by atoms with Gasteiger partial charge >= 0.3 is 0 Å². The Labute approximate surface area is 173 Å². The van der Waals surface area contributed by atoms with Gasteiger partial charge in [-0.3, -0.25) is 0 Å². The maximum atomic E-state index is 7.15. The molecule has 0 heterocycles. The molecule has 26 heavy (non-hydrogen) atoms. The van der Waals surface area contributed by atoms with Crippen molar-refractivity contribution in [2.75, 3.05) is 4.43 Å². The van der Waals surface area contributed by atoms with Gasteiger partial charge in [0.05, 0.1) is 6.10 Å². The van der Waals surface area contributed by atoms with Crippen LogP contribution in [-0.4, -0.2) is 18.8 Å². The molecule has 3 heteroatoms. The molecule has 0 saturated heterocycles. The van der Waals surface area contributed by atoms with Crippen molar-refractivity contribution in [1.82, 2.24) is 0 Å². The summed E-state index contributed by atoms with van der Waals surface area (Å²) >= 11 is 2.44. The quantitative estimate of drug-likeness (QED) is 0.212. The summed E-state index contributed by atoms with van der Waals surface area (Å²) in [6, 6.07) is 21.7. The van der Waals surface area contributed by atoms with Gasteiger partial charge < -0.3 is 4.43 Å². The summed E-state index contributed by atoms with van der Waals surface area (Å²) in [6.45, 7) is 10.7. The van der Waals surface area contributed by atoms with E-state index in [1.54, 1.807) is 0 Å². The fourth-order valence-corrected chi connectivity index (χ4v) is 8.93. The van der Waals surface area contributed by atoms with Crippen molar-refractivity contribution in [2.24, 2.45) is 0 Å². The van der Waals surface area contributed by atoms with Crippen LogP contribution < -0.4 is 10.4 Å². The minimum Gasteiger partial charge on any atom is -0.404 e. The highest BCUT2D eigenvalue weighted by Gasteiger charge is 2.51. The van der Waals surface area contributed by atoms with E-state index in [2.05, 4.69) is 116 Å². The van der Waals surface area contributed by atoms with Crippen LogP contribution in [0, 0.1) is 0 Å². The average Bonchev–Trinajstić information content (AvgIpc) is 2.64. The Morgan fingerprint density at radius 3 is 1.92 bits per heavy atom. The third-order valence-corrected chi connectivity index (χ3v) is 10.4. The van der Waals surface area contributed by atoms with Crippen molar-refractivity contribution < 1.29 is 4.43 Å². The van der Waals surface area contributed by atoms with Crippen LogP contribution in [-0.2, 0) is 4.43 Å². The molecule has 0 aliphatic rings. The molecule has 0 bridgehead atoms. The lowest BCUT2D eigenvalue weighted by Gasteiger charge is -2.45. The Kier molecular flexibility index (Phi) is 7.90. The zero-order valence-electron chi connectivity index (χ0n) is 16.0. The largest absolute Gasteiger partial charge is 0.404 e. The molecule has 1 unspecified atom stereocenters. The molecule has 0 aromatic heterocycles. The van der Waals surface area contributed by atoms with Crippen molar-refractivity contribution in [3.63, 3.8) is 0 Å². The third kappa shape index (κ3) is 4.77. The summed E-state index contributed by atoms with van der Waals surface area (Å²) < 4.78 is 8.23. The van der Waals surface area contributed by atoms with Crippen LogP contribution in [0.1, 0.15) is 33.6 Å². The third-order valence-electron chi connectivity index (χ3n) is 4.72. The van der Waals surface area contributed by atoms with Crippen LogP contribution in [0.2, 0.25) is 5.04 Å². The molecular formula is C23H29IOSi. The Hall–Kier alpha value is -1.13. The summed E-state index contributed by atoms with van der Waals surface area (Å²) in [5.74, 6) is 0. The first-order valence-electron chi connectivity index (χ1n) is 9.15. The lowest BCUT2D eigenvalue weighted by atomic mass is 10.2. The molecule has 1 nitrogen and oxygen atoms in total. The standard InChI is InChI=1S/C23H29IOSi/c1-5-6-13-20(18-19-24)25-26(23(2,3)4,21-14-9-7-10-15-21)22-16-11-8-12-17-22/h6-12,14-17,20H,1,13,18-19H2,2-4H3. The van der Waals surface area contributed by atoms with Crippen molar-refractivity contribution >= 4 is 41.3 Å². The number of rotatable bonds is 8. The Morgan fingerprint density at radius 1 is 1.04 bits per heavy atom. The van der Waals surface area contributed by atoms with Crippen LogP contribution in [0.5, 0.6) is 0 Å². The number of halogens is 1. The maximum absolute atomic E-state index is 7.15. The van der Waals surface area contributed by atoms with Gasteiger partial charge in [-0.05, 0) is 34.3 Å². The topological polar surface area (TPSA) is 9.23 Å². The minimum absolute atomic E-state index is 0.0110. The van der Waals surface area contributed by atoms with E-state index in [-0.39, 0.29) is 11.1 Å². The van der Waals surface area contributed by atoms with Crippen LogP contribution in [0.3, 0.4) is 0 Å². The molecule has 0 radical (unpaired) electrons. The summed E-state index contributed by atoms with van der Waals surface area (Å²) in [4.78, 5) is 0. The summed E-state index contributed by atoms with van der Waals surface area (Å²) in [7, 11) is -2.47. The van der Waals surface area contributed by atoms with E-state index in [1.807, 2.05) is 6.08 Å². The van der Waals surface area contributed by atoms with Gasteiger partial charge in [-0.25, -0.2) is 0 Å². The number of alkyl halides is 1. The first kappa shape index (κ1) is 21.2. The normalized spacial score (nSPS) is 13.1. The van der Waals surface area contributed by atoms with Crippen molar-refractivity contribution in [3.8, 4) is 0 Å². The zero-order valence-corrected chi connectivity index (χ0v) is 19.2. The van der Waals surface area contributed by atoms with Gasteiger partial charge in [0.2, 0.25) is 0 Å². The molecule has 0 saturated carbocycles. The fourth-order valence-electron chi connectivity index (χ4n) is 3.50. The molecule has 2 aromatic rings. The zero-order chi connectivity index (χ0) is 19.0. The van der Waals surface area contributed by atoms with E-state index in [4.69, 9.17) is 4.43 Å². The average molecular weight is 476 g/mol. The van der Waals surface area contributed by atoms with Gasteiger partial charge in [0.25, 0.3) is 8.32 Å². The summed E-state index contributed by atoms with van der Waals surface area (Å²) in [6.07, 6.45) is 4.07. The summed E-state index contributed by atoms with van der Waals surface area (Å²) in [5, 5.41) is 2.68. The second-order valence-corrected chi connectivity index (χ2v) is 12.9. The van der Waals surface area contributed by atoms with Gasteiger partial charge in [0.1, 0.15) is 0 Å². The molecule has 2 aromatic carbocycles. The second-order valence-electron chi connectivity index (χ2n) is 7.52. The smallest absolute Gasteiger partial charge is 0.261 e. The van der Waals surface area contributed by atoms with Crippen LogP contribution in [0.15, 0.2) is 79.0 Å². The first-order chi connectivity index (χ1) is 12.5. The van der Waals surface area contributed by atoms with Crippen molar-refractivity contribution in [1.29, 1.82) is 0 Å². The van der Waals surface area contributed by atoms with E-state index < -0.39 is 8.32 Å². The predicted octanol–water partition coefficient (Wildman–Crippen LogP) is 5.49. The van der Waals surface area contributed by atoms with E-state index >= 15 is 0 Å². The molecule has 0 fully saturated rings. The highest BCUT2D eigenvalue weighted by molar-refractivity contribution is 14.1. The van der Waals surface area contributed by atoms with Gasteiger partial charge in [0, 0.05) is 4.43 Å². The van der Waals surface area contributed by atoms with E-state index in [0.29, 0.717) is 0 Å². The Morgan fingerprint density at radius 2 is 1.54 bits per heavy atom. The van der Waals surface area contributed by atoms with Crippen LogP contribution in [0.25, 0.3) is 0 Å². The van der Waals surface area contributed by atoms with E-state index in [0.717, 1.165) is 17.3 Å². The van der Waals surface area contributed by atoms with Crippen LogP contribution >= 0.6 is 22.6 Å². The lowest BCUT2D eigenvalue weighted by Crippen LogP contribution is -2.67. The van der Waals surface area contributed by atoms with E-state index in [1.165, 1.54) is 10.4 Å². The highest BCUT2D eigenvalue weighted by Crippen LogP contribution is 2.38. The molecule has 0 spiro atoms. The molecular weight excluding hydrogens is 447 g/mol. The molecule has 0 aliphatic heterocycles. The highest BCUT2D eigenvalue weighted by atomic mass is 127. The monoisotopic (exact) mass is 476 g/mol. The first-order valence-corrected chi connectivity index (χ1v) is 12.6. The predicted molar refractivity (Wildman–Crippen MR) is 124 cm³/mol. The molecule has 0 N–H and O–H groups in total. The Bertz CT molecular complexity index is 675. The Balaban J connectivity index is 2.65. The van der Waals surface area contributed by atoms with Gasteiger partial charge in [-0.2, -0.15) is 0 Å². The van der Waals surface area contributed by atoms with Gasteiger partial charge in [-0.1, -0.05) is 111 Å². The van der Waals surface area contributed by atoms with Crippen molar-refractivity contribution in [3.05, 3.63) is 79.0 Å². The fraction of sp³-hybridized carbons (Fsp3) is 0.348. The molecule has 1 atom stereocenters. The number of hydrogen-bond donors (Lipinski definition) is 0. The van der Waals surface area contributed by atoms with E-state index in [9.17, 15) is 0 Å². The molecule has 138 valence electrons. The minimum atomic E-state index is -2.47. The maximum Gasteiger partial charge on any atom is 0.261 e. The van der Waals surface area contributed by atoms with Crippen LogP contribution in [0.4, 0.5) is 0 Å². The SMILES string of the molecule is C=C=CCC(CCI)O[Si](c1ccccc1)(c1ccccc1)C(C)(C)C. The number of hydrogen-bond acceptors (Lipinski definition) is 1. The van der Waals surface area contributed by atoms with Gasteiger partial charge in [0.15, 0.2) is 0 Å². The molecule has 0 amide bonds. The number of benzene rings is 2. The molecule has 2 rings (SSSR count).